The van der Waals surface area contributed by atoms with Crippen LogP contribution in [0.5, 0.6) is 0 Å². The molecule has 0 N–H and O–H groups in total. The Labute approximate surface area is 113 Å². The predicted octanol–water partition coefficient (Wildman–Crippen LogP) is 5.04. The van der Waals surface area contributed by atoms with E-state index in [0.29, 0.717) is 5.41 Å². The number of nitrogens with zero attached hydrogens (tertiary/aromatic N) is 1. The van der Waals surface area contributed by atoms with E-state index in [1.165, 1.54) is 30.5 Å². The maximum absolute atomic E-state index is 2.50. The van der Waals surface area contributed by atoms with E-state index in [2.05, 4.69) is 63.8 Å². The van der Waals surface area contributed by atoms with E-state index >= 15 is 0 Å². The van der Waals surface area contributed by atoms with Gasteiger partial charge in [0.1, 0.15) is 0 Å². The second-order valence-electron chi connectivity index (χ2n) is 5.69. The summed E-state index contributed by atoms with van der Waals surface area (Å²) in [6, 6.07) is 8.84. The van der Waals surface area contributed by atoms with Crippen LogP contribution in [-0.4, -0.2) is 13.1 Å². The van der Waals surface area contributed by atoms with Gasteiger partial charge in [0.2, 0.25) is 0 Å². The molecule has 0 aliphatic carbocycles. The molecule has 0 bridgehead atoms. The SMILES string of the molecule is CCN(CCC(C)(CC)CC)c1cccc(C)c1. The quantitative estimate of drug-likeness (QED) is 0.652. The lowest BCUT2D eigenvalue weighted by atomic mass is 9.81. The molecule has 0 aromatic heterocycles. The van der Waals surface area contributed by atoms with E-state index in [0.717, 1.165) is 13.1 Å². The van der Waals surface area contributed by atoms with Crippen LogP contribution in [0, 0.1) is 12.3 Å². The summed E-state index contributed by atoms with van der Waals surface area (Å²) in [4.78, 5) is 2.50. The molecule has 0 heterocycles. The molecule has 18 heavy (non-hydrogen) atoms. The van der Waals surface area contributed by atoms with Gasteiger partial charge in [0.05, 0.1) is 0 Å². The molecule has 1 rings (SSSR count). The van der Waals surface area contributed by atoms with Crippen LogP contribution in [0.15, 0.2) is 24.3 Å². The molecule has 0 amide bonds. The van der Waals surface area contributed by atoms with Crippen LogP contribution in [0.4, 0.5) is 5.69 Å². The molecule has 0 saturated heterocycles. The normalized spacial score (nSPS) is 11.6. The van der Waals surface area contributed by atoms with Crippen molar-refractivity contribution < 1.29 is 0 Å². The van der Waals surface area contributed by atoms with Gasteiger partial charge in [-0.1, -0.05) is 45.7 Å². The molecule has 102 valence electrons. The second kappa shape index (κ2) is 6.82. The van der Waals surface area contributed by atoms with E-state index in [9.17, 15) is 0 Å². The summed E-state index contributed by atoms with van der Waals surface area (Å²) in [5.41, 5.74) is 3.21. The molecule has 0 unspecified atom stereocenters. The molecule has 1 aromatic rings. The number of benzene rings is 1. The van der Waals surface area contributed by atoms with Crippen molar-refractivity contribution >= 4 is 5.69 Å². The van der Waals surface area contributed by atoms with Gasteiger partial charge in [-0.3, -0.25) is 0 Å². The lowest BCUT2D eigenvalue weighted by Crippen LogP contribution is -2.28. The minimum Gasteiger partial charge on any atom is -0.372 e. The van der Waals surface area contributed by atoms with Gasteiger partial charge in [-0.2, -0.15) is 0 Å². The van der Waals surface area contributed by atoms with Crippen LogP contribution < -0.4 is 4.90 Å². The molecule has 1 heteroatoms. The van der Waals surface area contributed by atoms with Gasteiger partial charge in [0, 0.05) is 18.8 Å². The Bertz CT molecular complexity index is 352. The Morgan fingerprint density at radius 2 is 1.78 bits per heavy atom. The van der Waals surface area contributed by atoms with Crippen LogP contribution in [0.2, 0.25) is 0 Å². The van der Waals surface area contributed by atoms with Gasteiger partial charge in [0.25, 0.3) is 0 Å². The standard InChI is InChI=1S/C17H29N/c1-6-17(5,7-2)12-13-18(8-3)16-11-9-10-15(4)14-16/h9-11,14H,6-8,12-13H2,1-5H3. The van der Waals surface area contributed by atoms with Gasteiger partial charge in [0.15, 0.2) is 0 Å². The topological polar surface area (TPSA) is 3.24 Å². The van der Waals surface area contributed by atoms with Crippen molar-refractivity contribution in [2.45, 2.75) is 53.9 Å². The Morgan fingerprint density at radius 1 is 1.11 bits per heavy atom. The summed E-state index contributed by atoms with van der Waals surface area (Å²) in [5.74, 6) is 0. The summed E-state index contributed by atoms with van der Waals surface area (Å²) < 4.78 is 0. The van der Waals surface area contributed by atoms with Crippen molar-refractivity contribution in [1.29, 1.82) is 0 Å². The van der Waals surface area contributed by atoms with Gasteiger partial charge >= 0.3 is 0 Å². The first-order valence-electron chi connectivity index (χ1n) is 7.36. The fourth-order valence-corrected chi connectivity index (χ4v) is 2.30. The third-order valence-electron chi connectivity index (χ3n) is 4.44. The molecule has 0 fully saturated rings. The van der Waals surface area contributed by atoms with E-state index in [-0.39, 0.29) is 0 Å². The molecule has 0 aliphatic rings. The van der Waals surface area contributed by atoms with Crippen LogP contribution in [-0.2, 0) is 0 Å². The lowest BCUT2D eigenvalue weighted by Gasteiger charge is -2.31. The Morgan fingerprint density at radius 3 is 2.28 bits per heavy atom. The van der Waals surface area contributed by atoms with E-state index < -0.39 is 0 Å². The van der Waals surface area contributed by atoms with Crippen molar-refractivity contribution in [3.8, 4) is 0 Å². The first-order chi connectivity index (χ1) is 8.54. The van der Waals surface area contributed by atoms with E-state index in [1.54, 1.807) is 0 Å². The molecule has 0 saturated carbocycles. The zero-order valence-corrected chi connectivity index (χ0v) is 12.8. The van der Waals surface area contributed by atoms with Crippen molar-refractivity contribution in [1.82, 2.24) is 0 Å². The summed E-state index contributed by atoms with van der Waals surface area (Å²) in [6.07, 6.45) is 3.82. The van der Waals surface area contributed by atoms with Gasteiger partial charge in [-0.05, 0) is 43.4 Å². The average molecular weight is 247 g/mol. The van der Waals surface area contributed by atoms with Crippen molar-refractivity contribution in [3.63, 3.8) is 0 Å². The lowest BCUT2D eigenvalue weighted by molar-refractivity contribution is 0.275. The molecular formula is C17H29N. The molecule has 0 atom stereocenters. The maximum atomic E-state index is 2.50. The average Bonchev–Trinajstić information content (AvgIpc) is 2.39. The smallest absolute Gasteiger partial charge is 0.0368 e. The molecule has 0 radical (unpaired) electrons. The highest BCUT2D eigenvalue weighted by Gasteiger charge is 2.20. The summed E-state index contributed by atoms with van der Waals surface area (Å²) in [6.45, 7) is 13.7. The van der Waals surface area contributed by atoms with Crippen LogP contribution >= 0.6 is 0 Å². The second-order valence-corrected chi connectivity index (χ2v) is 5.69. The maximum Gasteiger partial charge on any atom is 0.0368 e. The third-order valence-corrected chi connectivity index (χ3v) is 4.44. The predicted molar refractivity (Wildman–Crippen MR) is 82.4 cm³/mol. The van der Waals surface area contributed by atoms with Crippen molar-refractivity contribution in [2.24, 2.45) is 5.41 Å². The Hall–Kier alpha value is -0.980. The highest BCUT2D eigenvalue weighted by atomic mass is 15.1. The van der Waals surface area contributed by atoms with Crippen molar-refractivity contribution in [2.75, 3.05) is 18.0 Å². The minimum atomic E-state index is 0.497. The fraction of sp³-hybridized carbons (Fsp3) is 0.647. The van der Waals surface area contributed by atoms with E-state index in [4.69, 9.17) is 0 Å². The Balaban J connectivity index is 2.68. The highest BCUT2D eigenvalue weighted by Crippen LogP contribution is 2.30. The van der Waals surface area contributed by atoms with Crippen molar-refractivity contribution in [3.05, 3.63) is 29.8 Å². The van der Waals surface area contributed by atoms with Gasteiger partial charge < -0.3 is 4.90 Å². The molecule has 1 aromatic carbocycles. The van der Waals surface area contributed by atoms with E-state index in [1.807, 2.05) is 0 Å². The highest BCUT2D eigenvalue weighted by molar-refractivity contribution is 5.48. The van der Waals surface area contributed by atoms with Crippen LogP contribution in [0.3, 0.4) is 0 Å². The third kappa shape index (κ3) is 4.04. The zero-order valence-electron chi connectivity index (χ0n) is 12.8. The number of rotatable bonds is 7. The summed E-state index contributed by atoms with van der Waals surface area (Å²) in [5, 5.41) is 0. The molecule has 0 aliphatic heterocycles. The number of hydrogen-bond donors (Lipinski definition) is 0. The zero-order chi connectivity index (χ0) is 13.6. The van der Waals surface area contributed by atoms with Crippen LogP contribution in [0.25, 0.3) is 0 Å². The first-order valence-corrected chi connectivity index (χ1v) is 7.36. The first kappa shape index (κ1) is 15.1. The summed E-state index contributed by atoms with van der Waals surface area (Å²) in [7, 11) is 0. The molecule has 1 nitrogen and oxygen atoms in total. The van der Waals surface area contributed by atoms with Crippen LogP contribution in [0.1, 0.15) is 52.5 Å². The Kier molecular flexibility index (Phi) is 5.71. The molecule has 0 spiro atoms. The van der Waals surface area contributed by atoms with Gasteiger partial charge in [-0.15, -0.1) is 0 Å². The number of anilines is 1. The number of hydrogen-bond acceptors (Lipinski definition) is 1. The monoisotopic (exact) mass is 247 g/mol. The fourth-order valence-electron chi connectivity index (χ4n) is 2.30. The largest absolute Gasteiger partial charge is 0.372 e. The molecular weight excluding hydrogens is 218 g/mol. The van der Waals surface area contributed by atoms with Gasteiger partial charge in [-0.25, -0.2) is 0 Å². The number of aryl methyl sites for hydroxylation is 1. The summed E-state index contributed by atoms with van der Waals surface area (Å²) >= 11 is 0. The minimum absolute atomic E-state index is 0.497.